The van der Waals surface area contributed by atoms with Crippen molar-refractivity contribution in [3.8, 4) is 0 Å². The first kappa shape index (κ1) is 14.0. The topological polar surface area (TPSA) is 20.2 Å². The van der Waals surface area contributed by atoms with Gasteiger partial charge in [0.05, 0.1) is 6.10 Å². The summed E-state index contributed by atoms with van der Waals surface area (Å²) in [6.07, 6.45) is -10.8. The van der Waals surface area contributed by atoms with E-state index in [-0.39, 0.29) is 18.3 Å². The van der Waals surface area contributed by atoms with Crippen LogP contribution in [-0.4, -0.2) is 23.6 Å². The van der Waals surface area contributed by atoms with Crippen molar-refractivity contribution in [3.05, 3.63) is 0 Å². The van der Waals surface area contributed by atoms with Crippen LogP contribution in [0.5, 0.6) is 0 Å². The third kappa shape index (κ3) is 2.46. The van der Waals surface area contributed by atoms with Crippen molar-refractivity contribution in [2.75, 3.05) is 0 Å². The second kappa shape index (κ2) is 4.28. The normalized spacial score (nSPS) is 34.3. The molecule has 106 valence electrons. The average Bonchev–Trinajstić information content (AvgIpc) is 2.72. The Kier molecular flexibility index (Phi) is 3.32. The maximum atomic E-state index is 12.5. The van der Waals surface area contributed by atoms with Crippen molar-refractivity contribution < 1.29 is 31.4 Å². The van der Waals surface area contributed by atoms with Crippen molar-refractivity contribution in [1.29, 1.82) is 0 Å². The maximum Gasteiger partial charge on any atom is 0.403 e. The fraction of sp³-hybridized carbons (Fsp3) is 1.00. The van der Waals surface area contributed by atoms with Crippen molar-refractivity contribution in [1.82, 2.24) is 0 Å². The molecule has 0 aromatic carbocycles. The van der Waals surface area contributed by atoms with E-state index in [2.05, 4.69) is 0 Å². The minimum absolute atomic E-state index is 0.183. The van der Waals surface area contributed by atoms with Crippen LogP contribution in [0, 0.1) is 23.7 Å². The quantitative estimate of drug-likeness (QED) is 0.765. The standard InChI is InChI=1S/C11H14F6O/c12-10(13,14)9(11(15,16)17)8(18)7-4-5-1-2-6(7)3-5/h5-9,18H,1-4H2. The lowest BCUT2D eigenvalue weighted by Gasteiger charge is -2.34. The maximum absolute atomic E-state index is 12.5. The smallest absolute Gasteiger partial charge is 0.392 e. The van der Waals surface area contributed by atoms with Gasteiger partial charge in [-0.15, -0.1) is 0 Å². The SMILES string of the molecule is OC(C1CC2CCC1C2)C(C(F)(F)F)C(F)(F)F. The average molecular weight is 276 g/mol. The van der Waals surface area contributed by atoms with E-state index in [1.165, 1.54) is 0 Å². The van der Waals surface area contributed by atoms with Gasteiger partial charge in [0.1, 0.15) is 0 Å². The first-order chi connectivity index (χ1) is 8.10. The van der Waals surface area contributed by atoms with Gasteiger partial charge in [0, 0.05) is 0 Å². The molecule has 2 saturated carbocycles. The van der Waals surface area contributed by atoms with E-state index in [4.69, 9.17) is 0 Å². The Bertz CT molecular complexity index is 296. The minimum atomic E-state index is -5.44. The second-order valence-electron chi connectivity index (χ2n) is 5.39. The summed E-state index contributed by atoms with van der Waals surface area (Å²) in [5.41, 5.74) is 0. The Morgan fingerprint density at radius 3 is 1.78 bits per heavy atom. The third-order valence-corrected chi connectivity index (χ3v) is 4.28. The van der Waals surface area contributed by atoms with Gasteiger partial charge in [-0.2, -0.15) is 26.3 Å². The first-order valence-electron chi connectivity index (χ1n) is 5.92. The summed E-state index contributed by atoms with van der Waals surface area (Å²) in [6, 6.07) is 0. The molecule has 2 aliphatic carbocycles. The van der Waals surface area contributed by atoms with E-state index in [0.717, 1.165) is 6.42 Å². The number of alkyl halides is 6. The summed E-state index contributed by atoms with van der Waals surface area (Å²) in [7, 11) is 0. The molecule has 0 spiro atoms. The Labute approximate surface area is 100 Å². The van der Waals surface area contributed by atoms with Crippen LogP contribution in [0.25, 0.3) is 0 Å². The number of fused-ring (bicyclic) bond motifs is 2. The molecule has 7 heteroatoms. The van der Waals surface area contributed by atoms with Crippen molar-refractivity contribution in [3.63, 3.8) is 0 Å². The van der Waals surface area contributed by atoms with Crippen molar-refractivity contribution >= 4 is 0 Å². The molecule has 2 bridgehead atoms. The second-order valence-corrected chi connectivity index (χ2v) is 5.39. The van der Waals surface area contributed by atoms with Gasteiger partial charge in [0.2, 0.25) is 0 Å². The molecular formula is C11H14F6O. The van der Waals surface area contributed by atoms with Crippen LogP contribution < -0.4 is 0 Å². The largest absolute Gasteiger partial charge is 0.403 e. The minimum Gasteiger partial charge on any atom is -0.392 e. The Morgan fingerprint density at radius 2 is 1.44 bits per heavy atom. The Morgan fingerprint density at radius 1 is 0.889 bits per heavy atom. The number of halogens is 6. The van der Waals surface area contributed by atoms with E-state index in [1.807, 2.05) is 0 Å². The fourth-order valence-corrected chi connectivity index (χ4v) is 3.53. The van der Waals surface area contributed by atoms with Crippen LogP contribution in [-0.2, 0) is 0 Å². The zero-order valence-electron chi connectivity index (χ0n) is 9.43. The number of rotatable bonds is 2. The summed E-state index contributed by atoms with van der Waals surface area (Å²) in [5, 5.41) is 9.56. The van der Waals surface area contributed by atoms with Crippen LogP contribution >= 0.6 is 0 Å². The lowest BCUT2D eigenvalue weighted by atomic mass is 9.79. The van der Waals surface area contributed by atoms with Crippen LogP contribution in [0.3, 0.4) is 0 Å². The molecule has 0 aromatic rings. The van der Waals surface area contributed by atoms with Crippen LogP contribution in [0.2, 0.25) is 0 Å². The molecule has 4 unspecified atom stereocenters. The molecule has 2 aliphatic rings. The monoisotopic (exact) mass is 276 g/mol. The summed E-state index contributed by atoms with van der Waals surface area (Å²) in [4.78, 5) is 0. The van der Waals surface area contributed by atoms with Gasteiger partial charge in [-0.3, -0.25) is 0 Å². The summed E-state index contributed by atoms with van der Waals surface area (Å²) in [6.45, 7) is 0. The van der Waals surface area contributed by atoms with Gasteiger partial charge >= 0.3 is 12.4 Å². The zero-order valence-corrected chi connectivity index (χ0v) is 9.43. The first-order valence-corrected chi connectivity index (χ1v) is 5.92. The molecule has 1 nitrogen and oxygen atoms in total. The highest BCUT2D eigenvalue weighted by molar-refractivity contribution is 4.97. The summed E-state index contributed by atoms with van der Waals surface area (Å²) in [5.74, 6) is -4.47. The molecule has 2 rings (SSSR count). The lowest BCUT2D eigenvalue weighted by molar-refractivity contribution is -0.312. The molecular weight excluding hydrogens is 262 g/mol. The molecule has 0 aromatic heterocycles. The van der Waals surface area contributed by atoms with E-state index in [9.17, 15) is 31.4 Å². The molecule has 2 fully saturated rings. The highest BCUT2D eigenvalue weighted by Gasteiger charge is 2.63. The van der Waals surface area contributed by atoms with E-state index >= 15 is 0 Å². The van der Waals surface area contributed by atoms with E-state index in [1.54, 1.807) is 0 Å². The number of hydrogen-bond acceptors (Lipinski definition) is 1. The lowest BCUT2D eigenvalue weighted by Crippen LogP contribution is -2.48. The zero-order chi connectivity index (χ0) is 13.7. The van der Waals surface area contributed by atoms with Gasteiger partial charge in [0.25, 0.3) is 0 Å². The fourth-order valence-electron chi connectivity index (χ4n) is 3.53. The molecule has 0 amide bonds. The van der Waals surface area contributed by atoms with Crippen LogP contribution in [0.15, 0.2) is 0 Å². The molecule has 18 heavy (non-hydrogen) atoms. The molecule has 1 N–H and O–H groups in total. The van der Waals surface area contributed by atoms with Crippen molar-refractivity contribution in [2.24, 2.45) is 23.7 Å². The van der Waals surface area contributed by atoms with Crippen LogP contribution in [0.4, 0.5) is 26.3 Å². The van der Waals surface area contributed by atoms with Gasteiger partial charge in [-0.05, 0) is 37.0 Å². The number of hydrogen-bond donors (Lipinski definition) is 1. The summed E-state index contributed by atoms with van der Waals surface area (Å²) >= 11 is 0. The molecule has 0 saturated heterocycles. The summed E-state index contributed by atoms with van der Waals surface area (Å²) < 4.78 is 74.9. The highest BCUT2D eigenvalue weighted by Crippen LogP contribution is 2.53. The van der Waals surface area contributed by atoms with Gasteiger partial charge in [-0.1, -0.05) is 6.42 Å². The van der Waals surface area contributed by atoms with Crippen LogP contribution in [0.1, 0.15) is 25.7 Å². The molecule has 0 radical (unpaired) electrons. The van der Waals surface area contributed by atoms with Gasteiger partial charge < -0.3 is 5.11 Å². The predicted octanol–water partition coefficient (Wildman–Crippen LogP) is 3.52. The Hall–Kier alpha value is -0.460. The van der Waals surface area contributed by atoms with Gasteiger partial charge in [-0.25, -0.2) is 0 Å². The molecule has 4 atom stereocenters. The van der Waals surface area contributed by atoms with E-state index in [0.29, 0.717) is 12.8 Å². The predicted molar refractivity (Wildman–Crippen MR) is 50.5 cm³/mol. The van der Waals surface area contributed by atoms with Gasteiger partial charge in [0.15, 0.2) is 5.92 Å². The highest BCUT2D eigenvalue weighted by atomic mass is 19.4. The third-order valence-electron chi connectivity index (χ3n) is 4.28. The molecule has 0 aliphatic heterocycles. The number of aliphatic hydroxyl groups excluding tert-OH is 1. The van der Waals surface area contributed by atoms with E-state index < -0.39 is 30.3 Å². The molecule has 0 heterocycles. The Balaban J connectivity index is 2.16. The number of aliphatic hydroxyl groups is 1. The van der Waals surface area contributed by atoms with Crippen molar-refractivity contribution in [2.45, 2.75) is 44.1 Å².